The first-order valence-corrected chi connectivity index (χ1v) is 3.04. The summed E-state index contributed by atoms with van der Waals surface area (Å²) in [5.74, 6) is 0. The molecule has 0 amide bonds. The smallest absolute Gasteiger partial charge is 0.104 e. The summed E-state index contributed by atoms with van der Waals surface area (Å²) in [5.41, 5.74) is 8.26. The summed E-state index contributed by atoms with van der Waals surface area (Å²) in [5, 5.41) is 8.41. The lowest BCUT2D eigenvalue weighted by Crippen LogP contribution is -2.25. The molecule has 1 aromatic carbocycles. The number of benzene rings is 1. The van der Waals surface area contributed by atoms with E-state index >= 15 is 0 Å². The molecule has 3 heteroatoms. The number of nitrogens with two attached hydrogens (primary N) is 1. The molecule has 1 unspecified atom stereocenters. The number of nitrogens with one attached hydrogen (secondary N) is 1. The normalized spacial score (nSPS) is 13.0. The number of hydroxylamine groups is 1. The van der Waals surface area contributed by atoms with Gasteiger partial charge in [0.15, 0.2) is 0 Å². The Bertz CT molecular complexity index is 188. The monoisotopic (exact) mass is 138 g/mol. The van der Waals surface area contributed by atoms with Crippen LogP contribution in [0, 0.1) is 0 Å². The lowest BCUT2D eigenvalue weighted by atomic mass is 10.2. The van der Waals surface area contributed by atoms with Gasteiger partial charge in [-0.3, -0.25) is 0 Å². The molecule has 3 nitrogen and oxygen atoms in total. The van der Waals surface area contributed by atoms with Crippen molar-refractivity contribution >= 4 is 0 Å². The zero-order chi connectivity index (χ0) is 7.40. The summed E-state index contributed by atoms with van der Waals surface area (Å²) in [7, 11) is 0. The Hall–Kier alpha value is -0.900. The Morgan fingerprint density at radius 3 is 2.40 bits per heavy atom. The van der Waals surface area contributed by atoms with Crippen molar-refractivity contribution in [1.82, 2.24) is 5.48 Å². The number of hydrogen-bond acceptors (Lipinski definition) is 3. The maximum Gasteiger partial charge on any atom is 0.104 e. The molecule has 0 radical (unpaired) electrons. The van der Waals surface area contributed by atoms with Crippen molar-refractivity contribution in [3.63, 3.8) is 0 Å². The molecule has 54 valence electrons. The molecule has 0 aliphatic rings. The summed E-state index contributed by atoms with van der Waals surface area (Å²) in [4.78, 5) is 0. The molecule has 0 fully saturated rings. The molecule has 0 bridgehead atoms. The molecule has 1 atom stereocenters. The fraction of sp³-hybridized carbons (Fsp3) is 0.143. The highest BCUT2D eigenvalue weighted by Crippen LogP contribution is 2.04. The van der Waals surface area contributed by atoms with Crippen LogP contribution >= 0.6 is 0 Å². The largest absolute Gasteiger partial charge is 0.315 e. The molecule has 1 rings (SSSR count). The minimum absolute atomic E-state index is 0.485. The molecule has 10 heavy (non-hydrogen) atoms. The van der Waals surface area contributed by atoms with Crippen LogP contribution in [-0.4, -0.2) is 5.21 Å². The average Bonchev–Trinajstić information content (AvgIpc) is 2.05. The van der Waals surface area contributed by atoms with E-state index in [1.54, 1.807) is 0 Å². The Kier molecular flexibility index (Phi) is 2.39. The Balaban J connectivity index is 2.75. The lowest BCUT2D eigenvalue weighted by molar-refractivity contribution is 0.128. The summed E-state index contributed by atoms with van der Waals surface area (Å²) < 4.78 is 0. The van der Waals surface area contributed by atoms with Gasteiger partial charge in [-0.15, -0.1) is 0 Å². The first kappa shape index (κ1) is 7.21. The molecule has 1 aromatic rings. The predicted molar refractivity (Wildman–Crippen MR) is 38.3 cm³/mol. The molecular formula is C7H10N2O. The van der Waals surface area contributed by atoms with Gasteiger partial charge < -0.3 is 10.9 Å². The minimum atomic E-state index is -0.485. The van der Waals surface area contributed by atoms with Gasteiger partial charge in [0, 0.05) is 0 Å². The SMILES string of the molecule is NC(NO)c1ccccc1. The van der Waals surface area contributed by atoms with E-state index in [1.807, 2.05) is 35.8 Å². The first-order chi connectivity index (χ1) is 4.84. The van der Waals surface area contributed by atoms with Crippen LogP contribution in [0.3, 0.4) is 0 Å². The third kappa shape index (κ3) is 1.54. The van der Waals surface area contributed by atoms with E-state index in [1.165, 1.54) is 0 Å². The van der Waals surface area contributed by atoms with Gasteiger partial charge in [-0.1, -0.05) is 30.3 Å². The van der Waals surface area contributed by atoms with Gasteiger partial charge in [-0.2, -0.15) is 5.48 Å². The third-order valence-corrected chi connectivity index (χ3v) is 1.30. The topological polar surface area (TPSA) is 58.3 Å². The summed E-state index contributed by atoms with van der Waals surface area (Å²) >= 11 is 0. The molecule has 0 saturated heterocycles. The van der Waals surface area contributed by atoms with Crippen molar-refractivity contribution in [1.29, 1.82) is 0 Å². The Morgan fingerprint density at radius 1 is 1.30 bits per heavy atom. The predicted octanol–water partition coefficient (Wildman–Crippen LogP) is 0.623. The molecule has 0 aromatic heterocycles. The van der Waals surface area contributed by atoms with E-state index in [4.69, 9.17) is 10.9 Å². The quantitative estimate of drug-likeness (QED) is 0.415. The van der Waals surface area contributed by atoms with Crippen LogP contribution in [0.1, 0.15) is 11.7 Å². The van der Waals surface area contributed by atoms with E-state index in [2.05, 4.69) is 0 Å². The van der Waals surface area contributed by atoms with Crippen molar-refractivity contribution in [3.05, 3.63) is 35.9 Å². The van der Waals surface area contributed by atoms with Gasteiger partial charge in [-0.05, 0) is 5.56 Å². The van der Waals surface area contributed by atoms with Crippen LogP contribution < -0.4 is 11.2 Å². The average molecular weight is 138 g/mol. The molecular weight excluding hydrogens is 128 g/mol. The lowest BCUT2D eigenvalue weighted by Gasteiger charge is -2.07. The molecule has 0 heterocycles. The van der Waals surface area contributed by atoms with E-state index in [0.717, 1.165) is 5.56 Å². The van der Waals surface area contributed by atoms with E-state index in [0.29, 0.717) is 0 Å². The number of hydrogen-bond donors (Lipinski definition) is 3. The molecule has 0 saturated carbocycles. The first-order valence-electron chi connectivity index (χ1n) is 3.04. The number of rotatable bonds is 2. The van der Waals surface area contributed by atoms with Crippen LogP contribution in [-0.2, 0) is 0 Å². The summed E-state index contributed by atoms with van der Waals surface area (Å²) in [6.45, 7) is 0. The van der Waals surface area contributed by atoms with Gasteiger partial charge in [-0.25, -0.2) is 0 Å². The molecule has 0 aliphatic heterocycles. The second kappa shape index (κ2) is 3.31. The highest BCUT2D eigenvalue weighted by atomic mass is 16.5. The zero-order valence-electron chi connectivity index (χ0n) is 5.49. The van der Waals surface area contributed by atoms with Crippen LogP contribution in [0.5, 0.6) is 0 Å². The third-order valence-electron chi connectivity index (χ3n) is 1.30. The van der Waals surface area contributed by atoms with Crippen molar-refractivity contribution < 1.29 is 5.21 Å². The minimum Gasteiger partial charge on any atom is -0.315 e. The highest BCUT2D eigenvalue weighted by molar-refractivity contribution is 5.17. The van der Waals surface area contributed by atoms with Crippen LogP contribution in [0.25, 0.3) is 0 Å². The summed E-state index contributed by atoms with van der Waals surface area (Å²) in [6.07, 6.45) is -0.485. The van der Waals surface area contributed by atoms with Crippen LogP contribution in [0.4, 0.5) is 0 Å². The van der Waals surface area contributed by atoms with Crippen molar-refractivity contribution in [3.8, 4) is 0 Å². The van der Waals surface area contributed by atoms with Gasteiger partial charge in [0.05, 0.1) is 0 Å². The van der Waals surface area contributed by atoms with E-state index in [9.17, 15) is 0 Å². The van der Waals surface area contributed by atoms with Crippen LogP contribution in [0.15, 0.2) is 30.3 Å². The highest BCUT2D eigenvalue weighted by Gasteiger charge is 1.99. The van der Waals surface area contributed by atoms with E-state index < -0.39 is 6.17 Å². The van der Waals surface area contributed by atoms with Crippen molar-refractivity contribution in [2.45, 2.75) is 6.17 Å². The van der Waals surface area contributed by atoms with Gasteiger partial charge >= 0.3 is 0 Å². The van der Waals surface area contributed by atoms with Gasteiger partial charge in [0.2, 0.25) is 0 Å². The molecule has 4 N–H and O–H groups in total. The second-order valence-electron chi connectivity index (χ2n) is 2.02. The Labute approximate surface area is 59.4 Å². The fourth-order valence-electron chi connectivity index (χ4n) is 0.735. The molecule has 0 spiro atoms. The van der Waals surface area contributed by atoms with Crippen molar-refractivity contribution in [2.75, 3.05) is 0 Å². The van der Waals surface area contributed by atoms with Gasteiger partial charge in [0.1, 0.15) is 6.17 Å². The second-order valence-corrected chi connectivity index (χ2v) is 2.02. The van der Waals surface area contributed by atoms with Crippen LogP contribution in [0.2, 0.25) is 0 Å². The maximum absolute atomic E-state index is 8.41. The zero-order valence-corrected chi connectivity index (χ0v) is 5.49. The van der Waals surface area contributed by atoms with E-state index in [-0.39, 0.29) is 0 Å². The van der Waals surface area contributed by atoms with Gasteiger partial charge in [0.25, 0.3) is 0 Å². The maximum atomic E-state index is 8.41. The Morgan fingerprint density at radius 2 is 1.90 bits per heavy atom. The fourth-order valence-corrected chi connectivity index (χ4v) is 0.735. The standard InChI is InChI=1S/C7H10N2O/c8-7(9-10)6-4-2-1-3-5-6/h1-5,7,9-10H,8H2. The van der Waals surface area contributed by atoms with Crippen molar-refractivity contribution in [2.24, 2.45) is 5.73 Å². The molecule has 0 aliphatic carbocycles. The summed E-state index contributed by atoms with van der Waals surface area (Å²) in [6, 6.07) is 9.31.